The summed E-state index contributed by atoms with van der Waals surface area (Å²) in [6.07, 6.45) is 2.90. The van der Waals surface area contributed by atoms with Crippen LogP contribution < -0.4 is 10.6 Å². The maximum absolute atomic E-state index is 10.1. The van der Waals surface area contributed by atoms with Crippen molar-refractivity contribution in [3.63, 3.8) is 0 Å². The Hall–Kier alpha value is -2.18. The molecule has 2 aromatic rings. The van der Waals surface area contributed by atoms with Crippen molar-refractivity contribution in [3.8, 4) is 0 Å². The maximum atomic E-state index is 10.1. The van der Waals surface area contributed by atoms with Crippen molar-refractivity contribution in [2.45, 2.75) is 50.5 Å². The molecule has 1 heterocycles. The lowest BCUT2D eigenvalue weighted by Gasteiger charge is -2.19. The van der Waals surface area contributed by atoms with Crippen molar-refractivity contribution in [2.75, 3.05) is 10.6 Å². The van der Waals surface area contributed by atoms with Gasteiger partial charge in [0, 0.05) is 6.07 Å². The van der Waals surface area contributed by atoms with Crippen molar-refractivity contribution in [2.24, 2.45) is 5.92 Å². The monoisotopic (exact) mass is 340 g/mol. The van der Waals surface area contributed by atoms with E-state index in [0.717, 1.165) is 18.7 Å². The zero-order chi connectivity index (χ0) is 17.4. The SMILES string of the molecule is C[C@@H]1C[C@@H](Nc2cc(N[C@H]3CCc4ccccc43)ncn2)[C@H](O)[C@@H]1O. The van der Waals surface area contributed by atoms with E-state index in [-0.39, 0.29) is 18.0 Å². The molecule has 2 aliphatic rings. The van der Waals surface area contributed by atoms with Gasteiger partial charge in [0.15, 0.2) is 0 Å². The van der Waals surface area contributed by atoms with Crippen LogP contribution in [-0.2, 0) is 6.42 Å². The highest BCUT2D eigenvalue weighted by molar-refractivity contribution is 5.50. The van der Waals surface area contributed by atoms with Crippen LogP contribution in [0.25, 0.3) is 0 Å². The van der Waals surface area contributed by atoms with Crippen LogP contribution in [0, 0.1) is 5.92 Å². The Balaban J connectivity index is 1.46. The Morgan fingerprint density at radius 3 is 2.56 bits per heavy atom. The zero-order valence-corrected chi connectivity index (χ0v) is 14.3. The van der Waals surface area contributed by atoms with Gasteiger partial charge >= 0.3 is 0 Å². The molecule has 0 saturated heterocycles. The molecule has 0 spiro atoms. The van der Waals surface area contributed by atoms with E-state index in [1.165, 1.54) is 17.5 Å². The minimum Gasteiger partial charge on any atom is -0.390 e. The number of nitrogens with zero attached hydrogens (tertiary/aromatic N) is 2. The highest BCUT2D eigenvalue weighted by atomic mass is 16.3. The number of aliphatic hydroxyl groups is 2. The number of aliphatic hydroxyl groups excluding tert-OH is 2. The first kappa shape index (κ1) is 16.3. The van der Waals surface area contributed by atoms with Gasteiger partial charge in [-0.1, -0.05) is 31.2 Å². The van der Waals surface area contributed by atoms with Crippen LogP contribution in [-0.4, -0.2) is 38.4 Å². The summed E-state index contributed by atoms with van der Waals surface area (Å²) in [5.74, 6) is 1.50. The number of hydrogen-bond acceptors (Lipinski definition) is 6. The maximum Gasteiger partial charge on any atom is 0.131 e. The van der Waals surface area contributed by atoms with Crippen molar-refractivity contribution in [1.29, 1.82) is 0 Å². The molecule has 1 aromatic carbocycles. The molecule has 4 N–H and O–H groups in total. The number of nitrogens with one attached hydrogen (secondary N) is 2. The lowest BCUT2D eigenvalue weighted by molar-refractivity contribution is 0.0210. The van der Waals surface area contributed by atoms with E-state index in [9.17, 15) is 10.2 Å². The third-order valence-electron chi connectivity index (χ3n) is 5.43. The Morgan fingerprint density at radius 2 is 1.80 bits per heavy atom. The summed E-state index contributed by atoms with van der Waals surface area (Å²) >= 11 is 0. The number of benzene rings is 1. The van der Waals surface area contributed by atoms with E-state index in [2.05, 4.69) is 44.9 Å². The van der Waals surface area contributed by atoms with Gasteiger partial charge in [0.1, 0.15) is 24.1 Å². The van der Waals surface area contributed by atoms with Crippen molar-refractivity contribution < 1.29 is 10.2 Å². The van der Waals surface area contributed by atoms with Gasteiger partial charge in [0.05, 0.1) is 18.2 Å². The second-order valence-electron chi connectivity index (χ2n) is 7.17. The molecule has 25 heavy (non-hydrogen) atoms. The van der Waals surface area contributed by atoms with E-state index in [1.807, 2.05) is 13.0 Å². The summed E-state index contributed by atoms with van der Waals surface area (Å²) in [6.45, 7) is 1.94. The summed E-state index contributed by atoms with van der Waals surface area (Å²) < 4.78 is 0. The van der Waals surface area contributed by atoms with E-state index in [4.69, 9.17) is 0 Å². The summed E-state index contributed by atoms with van der Waals surface area (Å²) in [5, 5.41) is 26.8. The molecular weight excluding hydrogens is 316 g/mol. The highest BCUT2D eigenvalue weighted by Crippen LogP contribution is 2.33. The standard InChI is InChI=1S/C19H24N4O2/c1-11-8-15(19(25)18(11)24)23-17-9-16(20-10-21-17)22-14-7-6-12-4-2-3-5-13(12)14/h2-5,9-11,14-15,18-19,24-25H,6-8H2,1H3,(H2,20,21,22,23)/t11-,14+,15-,18-,19+/m1/s1. The molecule has 132 valence electrons. The van der Waals surface area contributed by atoms with Gasteiger partial charge in [-0.2, -0.15) is 0 Å². The number of aromatic nitrogens is 2. The summed E-state index contributed by atoms with van der Waals surface area (Å²) in [6, 6.07) is 10.4. The first-order valence-corrected chi connectivity index (χ1v) is 8.91. The van der Waals surface area contributed by atoms with Gasteiger partial charge in [-0.05, 0) is 36.3 Å². The quantitative estimate of drug-likeness (QED) is 0.682. The summed E-state index contributed by atoms with van der Waals surface area (Å²) in [4.78, 5) is 8.58. The van der Waals surface area contributed by atoms with E-state index in [0.29, 0.717) is 12.2 Å². The normalized spacial score (nSPS) is 30.9. The molecule has 0 radical (unpaired) electrons. The Labute approximate surface area is 147 Å². The van der Waals surface area contributed by atoms with Crippen LogP contribution in [0.3, 0.4) is 0 Å². The van der Waals surface area contributed by atoms with Gasteiger partial charge in [0.2, 0.25) is 0 Å². The lowest BCUT2D eigenvalue weighted by Crippen LogP contribution is -2.35. The van der Waals surface area contributed by atoms with E-state index in [1.54, 1.807) is 0 Å². The third kappa shape index (κ3) is 3.19. The summed E-state index contributed by atoms with van der Waals surface area (Å²) in [5.41, 5.74) is 2.73. The second kappa shape index (κ2) is 6.61. The molecule has 1 aromatic heterocycles. The average Bonchev–Trinajstić information content (AvgIpc) is 3.13. The Bertz CT molecular complexity index is 754. The number of rotatable bonds is 4. The van der Waals surface area contributed by atoms with Crippen LogP contribution in [0.2, 0.25) is 0 Å². The predicted molar refractivity (Wildman–Crippen MR) is 96.4 cm³/mol. The van der Waals surface area contributed by atoms with Crippen LogP contribution in [0.5, 0.6) is 0 Å². The molecule has 0 unspecified atom stereocenters. The fourth-order valence-electron chi connectivity index (χ4n) is 3.99. The fraction of sp³-hybridized carbons (Fsp3) is 0.474. The number of fused-ring (bicyclic) bond motifs is 1. The lowest BCUT2D eigenvalue weighted by atomic mass is 10.1. The molecule has 1 fully saturated rings. The van der Waals surface area contributed by atoms with Crippen molar-refractivity contribution in [1.82, 2.24) is 9.97 Å². The van der Waals surface area contributed by atoms with Gasteiger partial charge in [-0.3, -0.25) is 0 Å². The number of aryl methyl sites for hydroxylation is 1. The Morgan fingerprint density at radius 1 is 1.04 bits per heavy atom. The minimum absolute atomic E-state index is 0.0712. The Kier molecular flexibility index (Phi) is 4.31. The van der Waals surface area contributed by atoms with Crippen LogP contribution >= 0.6 is 0 Å². The largest absolute Gasteiger partial charge is 0.390 e. The molecule has 1 saturated carbocycles. The number of hydrogen-bond donors (Lipinski definition) is 4. The average molecular weight is 340 g/mol. The molecule has 2 aliphatic carbocycles. The fourth-order valence-corrected chi connectivity index (χ4v) is 3.99. The first-order chi connectivity index (χ1) is 12.1. The van der Waals surface area contributed by atoms with Gasteiger partial charge in [-0.25, -0.2) is 9.97 Å². The van der Waals surface area contributed by atoms with Crippen LogP contribution in [0.15, 0.2) is 36.7 Å². The van der Waals surface area contributed by atoms with E-state index >= 15 is 0 Å². The van der Waals surface area contributed by atoms with Gasteiger partial charge in [-0.15, -0.1) is 0 Å². The summed E-state index contributed by atoms with van der Waals surface area (Å²) in [7, 11) is 0. The zero-order valence-electron chi connectivity index (χ0n) is 14.3. The molecule has 6 nitrogen and oxygen atoms in total. The second-order valence-corrected chi connectivity index (χ2v) is 7.17. The van der Waals surface area contributed by atoms with Gasteiger partial charge in [0.25, 0.3) is 0 Å². The smallest absolute Gasteiger partial charge is 0.131 e. The highest BCUT2D eigenvalue weighted by Gasteiger charge is 2.39. The topological polar surface area (TPSA) is 90.3 Å². The molecule has 5 atom stereocenters. The van der Waals surface area contributed by atoms with Crippen molar-refractivity contribution >= 4 is 11.6 Å². The molecule has 0 bridgehead atoms. The van der Waals surface area contributed by atoms with Crippen molar-refractivity contribution in [3.05, 3.63) is 47.8 Å². The molecule has 0 aliphatic heterocycles. The van der Waals surface area contributed by atoms with Crippen LogP contribution in [0.1, 0.15) is 36.9 Å². The minimum atomic E-state index is -0.775. The van der Waals surface area contributed by atoms with Gasteiger partial charge < -0.3 is 20.8 Å². The molecule has 0 amide bonds. The first-order valence-electron chi connectivity index (χ1n) is 8.91. The van der Waals surface area contributed by atoms with E-state index < -0.39 is 12.2 Å². The third-order valence-corrected chi connectivity index (χ3v) is 5.43. The number of anilines is 2. The van der Waals surface area contributed by atoms with Crippen LogP contribution in [0.4, 0.5) is 11.6 Å². The molecule has 4 rings (SSSR count). The predicted octanol–water partition coefficient (Wildman–Crippen LogP) is 2.12. The molecule has 6 heteroatoms. The molecular formula is C19H24N4O2.